The number of hydrogen-bond acceptors (Lipinski definition) is 2. The van der Waals surface area contributed by atoms with Crippen LogP contribution in [0.1, 0.15) is 48.8 Å². The fourth-order valence-electron chi connectivity index (χ4n) is 2.31. The molecule has 2 rings (SSSR count). The van der Waals surface area contributed by atoms with Crippen molar-refractivity contribution in [2.24, 2.45) is 0 Å². The second-order valence-electron chi connectivity index (χ2n) is 4.98. The molecule has 0 unspecified atom stereocenters. The molecule has 0 spiro atoms. The van der Waals surface area contributed by atoms with Crippen LogP contribution < -0.4 is 0 Å². The Morgan fingerprint density at radius 3 is 2.67 bits per heavy atom. The van der Waals surface area contributed by atoms with Gasteiger partial charge in [-0.05, 0) is 53.0 Å². The first-order valence-corrected chi connectivity index (χ1v) is 8.24. The Morgan fingerprint density at radius 2 is 2.05 bits per heavy atom. The van der Waals surface area contributed by atoms with Gasteiger partial charge in [-0.3, -0.25) is 9.48 Å². The Balaban J connectivity index is 2.13. The highest BCUT2D eigenvalue weighted by molar-refractivity contribution is 9.10. The van der Waals surface area contributed by atoms with E-state index in [2.05, 4.69) is 34.9 Å². The van der Waals surface area contributed by atoms with Gasteiger partial charge in [0.1, 0.15) is 0 Å². The zero-order chi connectivity index (χ0) is 15.4. The van der Waals surface area contributed by atoms with Crippen LogP contribution in [0.2, 0.25) is 5.02 Å². The summed E-state index contributed by atoms with van der Waals surface area (Å²) in [7, 11) is 0. The molecule has 0 aliphatic rings. The first kappa shape index (κ1) is 16.2. The second-order valence-corrected chi connectivity index (χ2v) is 6.27. The van der Waals surface area contributed by atoms with Gasteiger partial charge in [0, 0.05) is 21.3 Å². The van der Waals surface area contributed by atoms with E-state index < -0.39 is 0 Å². The van der Waals surface area contributed by atoms with Crippen LogP contribution in [0.5, 0.6) is 0 Å². The molecule has 0 N–H and O–H groups in total. The number of rotatable bonds is 6. The van der Waals surface area contributed by atoms with Gasteiger partial charge < -0.3 is 0 Å². The number of nitrogens with zero attached hydrogens (tertiary/aromatic N) is 2. The summed E-state index contributed by atoms with van der Waals surface area (Å²) in [5, 5.41) is 5.13. The van der Waals surface area contributed by atoms with Crippen molar-refractivity contribution in [3.8, 4) is 0 Å². The summed E-state index contributed by atoms with van der Waals surface area (Å²) in [6, 6.07) is 7.52. The third kappa shape index (κ3) is 3.95. The van der Waals surface area contributed by atoms with Gasteiger partial charge in [-0.25, -0.2) is 0 Å². The van der Waals surface area contributed by atoms with Crippen LogP contribution in [-0.4, -0.2) is 15.6 Å². The molecule has 0 aliphatic carbocycles. The third-order valence-corrected chi connectivity index (χ3v) is 4.44. The van der Waals surface area contributed by atoms with E-state index in [-0.39, 0.29) is 5.78 Å². The summed E-state index contributed by atoms with van der Waals surface area (Å²) in [5.74, 6) is 0.0355. The van der Waals surface area contributed by atoms with Crippen molar-refractivity contribution in [2.75, 3.05) is 0 Å². The molecular formula is C16H18BrClN2O. The van der Waals surface area contributed by atoms with Crippen molar-refractivity contribution in [1.82, 2.24) is 9.78 Å². The van der Waals surface area contributed by atoms with Gasteiger partial charge in [0.2, 0.25) is 0 Å². The molecule has 112 valence electrons. The molecule has 21 heavy (non-hydrogen) atoms. The summed E-state index contributed by atoms with van der Waals surface area (Å²) in [6.07, 6.45) is 4.33. The molecule has 5 heteroatoms. The van der Waals surface area contributed by atoms with E-state index in [1.165, 1.54) is 0 Å². The maximum atomic E-state index is 12.3. The molecule has 0 amide bonds. The largest absolute Gasteiger partial charge is 0.294 e. The lowest BCUT2D eigenvalue weighted by Gasteiger charge is -2.12. The lowest BCUT2D eigenvalue weighted by Crippen LogP contribution is -2.09. The van der Waals surface area contributed by atoms with E-state index in [0.717, 1.165) is 23.0 Å². The average molecular weight is 370 g/mol. The zero-order valence-electron chi connectivity index (χ0n) is 12.1. The predicted octanol–water partition coefficient (Wildman–Crippen LogP) is 5.09. The van der Waals surface area contributed by atoms with E-state index in [0.29, 0.717) is 23.0 Å². The van der Waals surface area contributed by atoms with Crippen molar-refractivity contribution < 1.29 is 4.79 Å². The van der Waals surface area contributed by atoms with E-state index >= 15 is 0 Å². The van der Waals surface area contributed by atoms with Crippen LogP contribution in [0, 0.1) is 0 Å². The van der Waals surface area contributed by atoms with Gasteiger partial charge in [0.15, 0.2) is 5.78 Å². The standard InChI is InChI=1S/C16H18BrClN2O/c1-3-13(4-2)20-8-7-12(19-20)10-16(21)14-6-5-11(18)9-15(14)17/h5-9,13H,3-4,10H2,1-2H3. The molecule has 1 heterocycles. The molecule has 0 fully saturated rings. The van der Waals surface area contributed by atoms with E-state index in [9.17, 15) is 4.79 Å². The van der Waals surface area contributed by atoms with Crippen LogP contribution >= 0.6 is 27.5 Å². The fourth-order valence-corrected chi connectivity index (χ4v) is 3.22. The predicted molar refractivity (Wildman–Crippen MR) is 89.0 cm³/mol. The average Bonchev–Trinajstić information content (AvgIpc) is 2.88. The summed E-state index contributed by atoms with van der Waals surface area (Å²) in [5.41, 5.74) is 1.44. The Bertz CT molecular complexity index is 635. The minimum Gasteiger partial charge on any atom is -0.294 e. The quantitative estimate of drug-likeness (QED) is 0.665. The van der Waals surface area contributed by atoms with Crippen molar-refractivity contribution >= 4 is 33.3 Å². The van der Waals surface area contributed by atoms with Gasteiger partial charge in [-0.1, -0.05) is 25.4 Å². The van der Waals surface area contributed by atoms with Gasteiger partial charge in [0.25, 0.3) is 0 Å². The molecule has 0 atom stereocenters. The first-order valence-electron chi connectivity index (χ1n) is 7.07. The SMILES string of the molecule is CCC(CC)n1ccc(CC(=O)c2ccc(Cl)cc2Br)n1. The number of ketones is 1. The number of Topliss-reactive ketones (excluding diaryl/α,β-unsaturated/α-hetero) is 1. The van der Waals surface area contributed by atoms with Gasteiger partial charge in [-0.2, -0.15) is 5.10 Å². The molecule has 3 nitrogen and oxygen atoms in total. The monoisotopic (exact) mass is 368 g/mol. The minimum atomic E-state index is 0.0355. The maximum absolute atomic E-state index is 12.3. The van der Waals surface area contributed by atoms with Crippen LogP contribution in [-0.2, 0) is 6.42 Å². The highest BCUT2D eigenvalue weighted by Gasteiger charge is 2.14. The normalized spacial score (nSPS) is 11.1. The molecule has 0 saturated heterocycles. The number of benzene rings is 1. The van der Waals surface area contributed by atoms with Crippen molar-refractivity contribution in [3.05, 3.63) is 51.2 Å². The molecular weight excluding hydrogens is 352 g/mol. The van der Waals surface area contributed by atoms with Crippen molar-refractivity contribution in [3.63, 3.8) is 0 Å². The van der Waals surface area contributed by atoms with E-state index in [4.69, 9.17) is 11.6 Å². The first-order chi connectivity index (χ1) is 10.0. The molecule has 0 aliphatic heterocycles. The Labute approximate surface area is 138 Å². The molecule has 0 saturated carbocycles. The zero-order valence-corrected chi connectivity index (χ0v) is 14.5. The summed E-state index contributed by atoms with van der Waals surface area (Å²) in [6.45, 7) is 4.29. The van der Waals surface area contributed by atoms with E-state index in [1.807, 2.05) is 16.9 Å². The summed E-state index contributed by atoms with van der Waals surface area (Å²) < 4.78 is 2.68. The smallest absolute Gasteiger partial charge is 0.170 e. The molecule has 1 aromatic carbocycles. The minimum absolute atomic E-state index is 0.0355. The summed E-state index contributed by atoms with van der Waals surface area (Å²) >= 11 is 9.28. The van der Waals surface area contributed by atoms with Crippen LogP contribution in [0.25, 0.3) is 0 Å². The van der Waals surface area contributed by atoms with Crippen molar-refractivity contribution in [1.29, 1.82) is 0 Å². The van der Waals surface area contributed by atoms with Crippen molar-refractivity contribution in [2.45, 2.75) is 39.2 Å². The molecule has 1 aromatic heterocycles. The second kappa shape index (κ2) is 7.23. The molecule has 0 radical (unpaired) electrons. The Morgan fingerprint density at radius 1 is 1.33 bits per heavy atom. The highest BCUT2D eigenvalue weighted by Crippen LogP contribution is 2.23. The van der Waals surface area contributed by atoms with Crippen LogP contribution in [0.15, 0.2) is 34.9 Å². The topological polar surface area (TPSA) is 34.9 Å². The summed E-state index contributed by atoms with van der Waals surface area (Å²) in [4.78, 5) is 12.3. The van der Waals surface area contributed by atoms with E-state index in [1.54, 1.807) is 18.2 Å². The molecule has 2 aromatic rings. The number of halogens is 2. The number of hydrogen-bond donors (Lipinski definition) is 0. The van der Waals surface area contributed by atoms with Gasteiger partial charge in [-0.15, -0.1) is 0 Å². The third-order valence-electron chi connectivity index (χ3n) is 3.55. The maximum Gasteiger partial charge on any atom is 0.170 e. The lowest BCUT2D eigenvalue weighted by molar-refractivity contribution is 0.0991. The number of carbonyl (C=O) groups is 1. The van der Waals surface area contributed by atoms with Gasteiger partial charge in [0.05, 0.1) is 18.2 Å². The number of aromatic nitrogens is 2. The lowest BCUT2D eigenvalue weighted by atomic mass is 10.1. The van der Waals surface area contributed by atoms with Crippen LogP contribution in [0.3, 0.4) is 0 Å². The molecule has 0 bridgehead atoms. The highest BCUT2D eigenvalue weighted by atomic mass is 79.9. The fraction of sp³-hybridized carbons (Fsp3) is 0.375. The van der Waals surface area contributed by atoms with Gasteiger partial charge >= 0.3 is 0 Å². The number of carbonyl (C=O) groups excluding carboxylic acids is 1. The van der Waals surface area contributed by atoms with Crippen LogP contribution in [0.4, 0.5) is 0 Å². The Hall–Kier alpha value is -1.13. The Kier molecular flexibility index (Phi) is 5.59.